The van der Waals surface area contributed by atoms with E-state index in [1.807, 2.05) is 54.5 Å². The molecule has 3 aromatic rings. The number of nitrogens with two attached hydrogens (primary N) is 1. The quantitative estimate of drug-likeness (QED) is 0.555. The minimum atomic E-state index is 0.0906. The van der Waals surface area contributed by atoms with E-state index >= 15 is 0 Å². The largest absolute Gasteiger partial charge is 0.273 e. The molecule has 3 rings (SSSR count). The van der Waals surface area contributed by atoms with Gasteiger partial charge in [-0.05, 0) is 36.6 Å². The van der Waals surface area contributed by atoms with Crippen molar-refractivity contribution < 1.29 is 0 Å². The maximum atomic E-state index is 5.78. The molecule has 1 aromatic carbocycles. The number of rotatable bonds is 5. The molecule has 0 bridgehead atoms. The van der Waals surface area contributed by atoms with Crippen LogP contribution in [-0.2, 0) is 13.5 Å². The molecule has 0 fully saturated rings. The lowest BCUT2D eigenvalue weighted by atomic mass is 9.98. The standard InChI is InChI=1S/C16H19N5/c1-21-12(8-11-19-21)6-7-16(20-17)14-9-10-18-15-5-3-2-4-13(14)15/h2-5,8-11,16,20H,6-7,17H2,1H3. The fourth-order valence-electron chi connectivity index (χ4n) is 2.69. The first kappa shape index (κ1) is 13.7. The normalized spacial score (nSPS) is 12.7. The third-order valence-corrected chi connectivity index (χ3v) is 3.87. The number of benzene rings is 1. The van der Waals surface area contributed by atoms with E-state index in [4.69, 9.17) is 5.84 Å². The summed E-state index contributed by atoms with van der Waals surface area (Å²) in [6.07, 6.45) is 5.49. The van der Waals surface area contributed by atoms with Gasteiger partial charge in [-0.25, -0.2) is 0 Å². The molecule has 0 aliphatic heterocycles. The summed E-state index contributed by atoms with van der Waals surface area (Å²) in [7, 11) is 1.96. The molecule has 108 valence electrons. The third-order valence-electron chi connectivity index (χ3n) is 3.87. The summed E-state index contributed by atoms with van der Waals surface area (Å²) in [6, 6.07) is 12.3. The first-order valence-corrected chi connectivity index (χ1v) is 7.06. The van der Waals surface area contributed by atoms with E-state index in [1.54, 1.807) is 0 Å². The van der Waals surface area contributed by atoms with Gasteiger partial charge in [-0.1, -0.05) is 18.2 Å². The summed E-state index contributed by atoms with van der Waals surface area (Å²) < 4.78 is 1.90. The van der Waals surface area contributed by atoms with E-state index in [2.05, 4.69) is 21.6 Å². The summed E-state index contributed by atoms with van der Waals surface area (Å²) in [5.74, 6) is 5.78. The Balaban J connectivity index is 1.86. The Morgan fingerprint density at radius 3 is 2.81 bits per heavy atom. The van der Waals surface area contributed by atoms with Crippen molar-refractivity contribution in [3.05, 3.63) is 60.0 Å². The number of hydrazine groups is 1. The van der Waals surface area contributed by atoms with Crippen molar-refractivity contribution >= 4 is 10.9 Å². The average Bonchev–Trinajstić information content (AvgIpc) is 2.93. The summed E-state index contributed by atoms with van der Waals surface area (Å²) in [5.41, 5.74) is 6.32. The molecule has 0 aliphatic rings. The van der Waals surface area contributed by atoms with E-state index in [0.29, 0.717) is 0 Å². The van der Waals surface area contributed by atoms with Crippen LogP contribution in [0.3, 0.4) is 0 Å². The number of pyridine rings is 1. The molecule has 21 heavy (non-hydrogen) atoms. The van der Waals surface area contributed by atoms with Crippen LogP contribution in [0.2, 0.25) is 0 Å². The van der Waals surface area contributed by atoms with E-state index in [1.165, 1.54) is 11.3 Å². The molecule has 0 radical (unpaired) electrons. The Hall–Kier alpha value is -2.24. The zero-order valence-corrected chi connectivity index (χ0v) is 12.0. The highest BCUT2D eigenvalue weighted by atomic mass is 15.3. The van der Waals surface area contributed by atoms with E-state index in [9.17, 15) is 0 Å². The van der Waals surface area contributed by atoms with Crippen LogP contribution >= 0.6 is 0 Å². The maximum Gasteiger partial charge on any atom is 0.0705 e. The van der Waals surface area contributed by atoms with Gasteiger partial charge in [0.15, 0.2) is 0 Å². The number of hydrogen-bond acceptors (Lipinski definition) is 4. The van der Waals surface area contributed by atoms with Crippen molar-refractivity contribution in [2.24, 2.45) is 12.9 Å². The number of hydrogen-bond donors (Lipinski definition) is 2. The molecule has 0 aliphatic carbocycles. The monoisotopic (exact) mass is 281 g/mol. The predicted octanol–water partition coefficient (Wildman–Crippen LogP) is 2.11. The molecule has 2 aromatic heterocycles. The summed E-state index contributed by atoms with van der Waals surface area (Å²) in [4.78, 5) is 4.40. The molecule has 5 heteroatoms. The molecule has 5 nitrogen and oxygen atoms in total. The van der Waals surface area contributed by atoms with Gasteiger partial charge < -0.3 is 0 Å². The lowest BCUT2D eigenvalue weighted by Gasteiger charge is -2.18. The highest BCUT2D eigenvalue weighted by Gasteiger charge is 2.14. The van der Waals surface area contributed by atoms with Crippen molar-refractivity contribution in [2.75, 3.05) is 0 Å². The average molecular weight is 281 g/mol. The van der Waals surface area contributed by atoms with Crippen LogP contribution in [-0.4, -0.2) is 14.8 Å². The Bertz CT molecular complexity index is 729. The predicted molar refractivity (Wildman–Crippen MR) is 83.3 cm³/mol. The zero-order valence-electron chi connectivity index (χ0n) is 12.0. The topological polar surface area (TPSA) is 68.8 Å². The number of para-hydroxylation sites is 1. The summed E-state index contributed by atoms with van der Waals surface area (Å²) in [5, 5.41) is 5.34. The van der Waals surface area contributed by atoms with Crippen LogP contribution in [0.15, 0.2) is 48.8 Å². The molecular weight excluding hydrogens is 262 g/mol. The lowest BCUT2D eigenvalue weighted by molar-refractivity contribution is 0.509. The van der Waals surface area contributed by atoms with Crippen LogP contribution < -0.4 is 11.3 Å². The van der Waals surface area contributed by atoms with Gasteiger partial charge >= 0.3 is 0 Å². The highest BCUT2D eigenvalue weighted by molar-refractivity contribution is 5.82. The molecule has 3 N–H and O–H groups in total. The molecule has 1 unspecified atom stereocenters. The van der Waals surface area contributed by atoms with Gasteiger partial charge in [-0.2, -0.15) is 5.10 Å². The number of aromatic nitrogens is 3. The van der Waals surface area contributed by atoms with Crippen LogP contribution in [0.4, 0.5) is 0 Å². The van der Waals surface area contributed by atoms with Gasteiger partial charge in [-0.15, -0.1) is 0 Å². The van der Waals surface area contributed by atoms with Gasteiger partial charge in [0.25, 0.3) is 0 Å². The summed E-state index contributed by atoms with van der Waals surface area (Å²) in [6.45, 7) is 0. The van der Waals surface area contributed by atoms with E-state index in [0.717, 1.165) is 23.7 Å². The lowest BCUT2D eigenvalue weighted by Crippen LogP contribution is -2.28. The fourth-order valence-corrected chi connectivity index (χ4v) is 2.69. The second kappa shape index (κ2) is 6.03. The van der Waals surface area contributed by atoms with Gasteiger partial charge in [-0.3, -0.25) is 20.9 Å². The van der Waals surface area contributed by atoms with Gasteiger partial charge in [0.1, 0.15) is 0 Å². The van der Waals surface area contributed by atoms with Crippen LogP contribution in [0.5, 0.6) is 0 Å². The van der Waals surface area contributed by atoms with E-state index < -0.39 is 0 Å². The number of fused-ring (bicyclic) bond motifs is 1. The maximum absolute atomic E-state index is 5.78. The molecule has 1 atom stereocenters. The van der Waals surface area contributed by atoms with Crippen molar-refractivity contribution in [2.45, 2.75) is 18.9 Å². The molecule has 0 saturated carbocycles. The first-order valence-electron chi connectivity index (χ1n) is 7.06. The fraction of sp³-hybridized carbons (Fsp3) is 0.250. The van der Waals surface area contributed by atoms with Crippen molar-refractivity contribution in [3.63, 3.8) is 0 Å². The second-order valence-corrected chi connectivity index (χ2v) is 5.12. The summed E-state index contributed by atoms with van der Waals surface area (Å²) >= 11 is 0. The van der Waals surface area contributed by atoms with Crippen molar-refractivity contribution in [3.8, 4) is 0 Å². The van der Waals surface area contributed by atoms with Crippen molar-refractivity contribution in [1.29, 1.82) is 0 Å². The molecule has 0 spiro atoms. The third kappa shape index (κ3) is 2.79. The Morgan fingerprint density at radius 2 is 2.05 bits per heavy atom. The van der Waals surface area contributed by atoms with Gasteiger partial charge in [0, 0.05) is 36.6 Å². The second-order valence-electron chi connectivity index (χ2n) is 5.12. The minimum absolute atomic E-state index is 0.0906. The number of aryl methyl sites for hydroxylation is 2. The molecule has 2 heterocycles. The van der Waals surface area contributed by atoms with Gasteiger partial charge in [0.05, 0.1) is 5.52 Å². The van der Waals surface area contributed by atoms with Gasteiger partial charge in [0.2, 0.25) is 0 Å². The minimum Gasteiger partial charge on any atom is -0.273 e. The number of nitrogens with zero attached hydrogens (tertiary/aromatic N) is 3. The smallest absolute Gasteiger partial charge is 0.0705 e. The van der Waals surface area contributed by atoms with Crippen LogP contribution in [0.1, 0.15) is 23.7 Å². The first-order chi connectivity index (χ1) is 10.3. The SMILES string of the molecule is Cn1nccc1CCC(NN)c1ccnc2ccccc12. The Labute approximate surface area is 123 Å². The van der Waals surface area contributed by atoms with Crippen LogP contribution in [0, 0.1) is 0 Å². The molecule has 0 amide bonds. The Morgan fingerprint density at radius 1 is 1.19 bits per heavy atom. The van der Waals surface area contributed by atoms with E-state index in [-0.39, 0.29) is 6.04 Å². The molecule has 0 saturated heterocycles. The molecular formula is C16H19N5. The Kier molecular flexibility index (Phi) is 3.94. The highest BCUT2D eigenvalue weighted by Crippen LogP contribution is 2.25. The zero-order chi connectivity index (χ0) is 14.7. The van der Waals surface area contributed by atoms with Crippen molar-refractivity contribution in [1.82, 2.24) is 20.2 Å². The van der Waals surface area contributed by atoms with Crippen LogP contribution in [0.25, 0.3) is 10.9 Å². The number of nitrogens with one attached hydrogen (secondary N) is 1.